The fourth-order valence-corrected chi connectivity index (χ4v) is 2.61. The summed E-state index contributed by atoms with van der Waals surface area (Å²) in [5.41, 5.74) is 0. The lowest BCUT2D eigenvalue weighted by Crippen LogP contribution is -2.42. The van der Waals surface area contributed by atoms with Crippen LogP contribution in [0.4, 0.5) is 4.79 Å². The van der Waals surface area contributed by atoms with E-state index in [1.54, 1.807) is 23.9 Å². The Balaban J connectivity index is 1.71. The first-order chi connectivity index (χ1) is 9.13. The molecule has 2 N–H and O–H groups in total. The normalized spacial score (nSPS) is 12.1. The van der Waals surface area contributed by atoms with E-state index >= 15 is 0 Å². The minimum absolute atomic E-state index is 0.0549. The highest BCUT2D eigenvalue weighted by Crippen LogP contribution is 2.14. The van der Waals surface area contributed by atoms with Crippen molar-refractivity contribution in [2.24, 2.45) is 0 Å². The van der Waals surface area contributed by atoms with Crippen molar-refractivity contribution in [1.29, 1.82) is 0 Å². The van der Waals surface area contributed by atoms with Crippen LogP contribution in [0.1, 0.15) is 16.7 Å². The summed E-state index contributed by atoms with van der Waals surface area (Å²) in [6.45, 7) is 5.31. The summed E-state index contributed by atoms with van der Waals surface area (Å²) in [4.78, 5) is 18.1. The van der Waals surface area contributed by atoms with Gasteiger partial charge in [-0.3, -0.25) is 0 Å². The van der Waals surface area contributed by atoms with Crippen LogP contribution in [-0.2, 0) is 13.1 Å². The predicted molar refractivity (Wildman–Crippen MR) is 76.1 cm³/mol. The number of rotatable bonds is 5. The second-order valence-corrected chi connectivity index (χ2v) is 5.87. The molecule has 2 amide bonds. The summed E-state index contributed by atoms with van der Waals surface area (Å²) >= 11 is 1.70. The number of nitrogens with one attached hydrogen (secondary N) is 2. The molecule has 102 valence electrons. The van der Waals surface area contributed by atoms with E-state index in [0.717, 1.165) is 4.88 Å². The lowest BCUT2D eigenvalue weighted by atomic mass is 10.3. The molecule has 0 aromatic carbocycles. The zero-order chi connectivity index (χ0) is 13.7. The second kappa shape index (κ2) is 6.38. The molecule has 0 radical (unpaired) electrons. The Bertz CT molecular complexity index is 520. The molecule has 0 spiro atoms. The summed E-state index contributed by atoms with van der Waals surface area (Å²) in [6.07, 6.45) is 5.35. The molecule has 0 saturated heterocycles. The maximum absolute atomic E-state index is 11.7. The third-order valence-corrected chi connectivity index (χ3v) is 3.64. The molecule has 0 aliphatic carbocycles. The predicted octanol–water partition coefficient (Wildman–Crippen LogP) is 2.14. The van der Waals surface area contributed by atoms with Gasteiger partial charge < -0.3 is 15.2 Å². The zero-order valence-electron chi connectivity index (χ0n) is 11.1. The zero-order valence-corrected chi connectivity index (χ0v) is 11.9. The van der Waals surface area contributed by atoms with Gasteiger partial charge in [0.25, 0.3) is 0 Å². The van der Waals surface area contributed by atoms with Crippen LogP contribution in [0.2, 0.25) is 0 Å². The summed E-state index contributed by atoms with van der Waals surface area (Å²) in [5, 5.41) is 5.76. The highest BCUT2D eigenvalue weighted by atomic mass is 32.1. The summed E-state index contributed by atoms with van der Waals surface area (Å²) < 4.78 is 1.94. The van der Waals surface area contributed by atoms with Crippen LogP contribution < -0.4 is 10.6 Å². The van der Waals surface area contributed by atoms with Crippen LogP contribution in [0.3, 0.4) is 0 Å². The van der Waals surface area contributed by atoms with E-state index in [2.05, 4.69) is 28.6 Å². The Morgan fingerprint density at radius 1 is 1.53 bits per heavy atom. The van der Waals surface area contributed by atoms with E-state index in [0.29, 0.717) is 13.1 Å². The lowest BCUT2D eigenvalue weighted by molar-refractivity contribution is 0.236. The van der Waals surface area contributed by atoms with Crippen LogP contribution in [0.25, 0.3) is 0 Å². The van der Waals surface area contributed by atoms with Gasteiger partial charge in [0.05, 0.1) is 12.9 Å². The van der Waals surface area contributed by atoms with Gasteiger partial charge in [-0.2, -0.15) is 0 Å². The van der Waals surface area contributed by atoms with Crippen LogP contribution in [-0.4, -0.2) is 21.6 Å². The number of urea groups is 1. The summed E-state index contributed by atoms with van der Waals surface area (Å²) in [5.74, 6) is 0. The van der Waals surface area contributed by atoms with Crippen molar-refractivity contribution in [3.05, 3.63) is 40.6 Å². The fourth-order valence-electron chi connectivity index (χ4n) is 1.78. The van der Waals surface area contributed by atoms with E-state index in [-0.39, 0.29) is 12.1 Å². The Morgan fingerprint density at radius 3 is 3.00 bits per heavy atom. The maximum atomic E-state index is 11.7. The van der Waals surface area contributed by atoms with Gasteiger partial charge in [-0.05, 0) is 26.0 Å². The quantitative estimate of drug-likeness (QED) is 0.880. The van der Waals surface area contributed by atoms with Crippen molar-refractivity contribution in [2.75, 3.05) is 0 Å². The van der Waals surface area contributed by atoms with Gasteiger partial charge in [-0.25, -0.2) is 9.78 Å². The van der Waals surface area contributed by atoms with Gasteiger partial charge in [-0.15, -0.1) is 11.3 Å². The molecule has 5 nitrogen and oxygen atoms in total. The first-order valence-electron chi connectivity index (χ1n) is 6.19. The molecule has 6 heteroatoms. The molecule has 0 aliphatic heterocycles. The molecular formula is C13H18N4OS. The average Bonchev–Trinajstić information content (AvgIpc) is 2.98. The number of hydrogen-bond donors (Lipinski definition) is 2. The Labute approximate surface area is 116 Å². The van der Waals surface area contributed by atoms with Crippen LogP contribution in [0.15, 0.2) is 30.9 Å². The monoisotopic (exact) mass is 278 g/mol. The van der Waals surface area contributed by atoms with E-state index in [4.69, 9.17) is 0 Å². The number of amides is 2. The molecule has 2 aromatic heterocycles. The molecule has 0 aliphatic rings. The molecule has 0 fully saturated rings. The van der Waals surface area contributed by atoms with E-state index in [1.807, 2.05) is 23.8 Å². The van der Waals surface area contributed by atoms with Gasteiger partial charge in [0.2, 0.25) is 0 Å². The van der Waals surface area contributed by atoms with Gasteiger partial charge in [0.1, 0.15) is 0 Å². The van der Waals surface area contributed by atoms with Crippen molar-refractivity contribution in [1.82, 2.24) is 20.2 Å². The number of aryl methyl sites for hydroxylation is 1. The van der Waals surface area contributed by atoms with E-state index < -0.39 is 0 Å². The summed E-state index contributed by atoms with van der Waals surface area (Å²) in [7, 11) is 0. The molecule has 0 saturated carbocycles. The molecule has 2 heterocycles. The number of imidazole rings is 1. The molecular weight excluding hydrogens is 260 g/mol. The minimum atomic E-state index is -0.140. The first-order valence-corrected chi connectivity index (χ1v) is 7.00. The minimum Gasteiger partial charge on any atom is -0.335 e. The van der Waals surface area contributed by atoms with Crippen molar-refractivity contribution in [3.63, 3.8) is 0 Å². The summed E-state index contributed by atoms with van der Waals surface area (Å²) in [6, 6.07) is 4.01. The largest absolute Gasteiger partial charge is 0.335 e. The van der Waals surface area contributed by atoms with Gasteiger partial charge in [0.15, 0.2) is 0 Å². The molecule has 1 atom stereocenters. The van der Waals surface area contributed by atoms with Crippen LogP contribution in [0.5, 0.6) is 0 Å². The average molecular weight is 278 g/mol. The number of carbonyl (C=O) groups is 1. The Morgan fingerprint density at radius 2 is 2.37 bits per heavy atom. The number of thiophene rings is 1. The van der Waals surface area contributed by atoms with Crippen molar-refractivity contribution < 1.29 is 4.79 Å². The van der Waals surface area contributed by atoms with Crippen molar-refractivity contribution in [2.45, 2.75) is 33.0 Å². The van der Waals surface area contributed by atoms with Crippen LogP contribution >= 0.6 is 11.3 Å². The van der Waals surface area contributed by atoms with E-state index in [1.165, 1.54) is 4.88 Å². The second-order valence-electron chi connectivity index (χ2n) is 4.50. The van der Waals surface area contributed by atoms with Crippen LogP contribution in [0, 0.1) is 6.92 Å². The molecule has 2 aromatic rings. The fraction of sp³-hybridized carbons (Fsp3) is 0.385. The number of carbonyl (C=O) groups excluding carboxylic acids is 1. The highest BCUT2D eigenvalue weighted by molar-refractivity contribution is 7.11. The Hall–Kier alpha value is -1.82. The highest BCUT2D eigenvalue weighted by Gasteiger charge is 2.07. The van der Waals surface area contributed by atoms with E-state index in [9.17, 15) is 4.79 Å². The molecule has 1 unspecified atom stereocenters. The Kier molecular flexibility index (Phi) is 4.57. The third-order valence-electron chi connectivity index (χ3n) is 2.64. The van der Waals surface area contributed by atoms with Crippen molar-refractivity contribution in [3.8, 4) is 0 Å². The lowest BCUT2D eigenvalue weighted by Gasteiger charge is -2.14. The molecule has 0 bridgehead atoms. The standard InChI is InChI=1S/C13H18N4OS/c1-10(8-17-6-5-14-9-17)16-13(18)15-7-12-4-3-11(2)19-12/h3-6,9-10H,7-8H2,1-2H3,(H2,15,16,18). The van der Waals surface area contributed by atoms with Gasteiger partial charge in [0, 0.05) is 34.7 Å². The number of hydrogen-bond acceptors (Lipinski definition) is 3. The van der Waals surface area contributed by atoms with Crippen molar-refractivity contribution >= 4 is 17.4 Å². The van der Waals surface area contributed by atoms with Gasteiger partial charge >= 0.3 is 6.03 Å². The topological polar surface area (TPSA) is 59.0 Å². The smallest absolute Gasteiger partial charge is 0.315 e. The SMILES string of the molecule is Cc1ccc(CNC(=O)NC(C)Cn2ccnc2)s1. The number of aromatic nitrogens is 2. The molecule has 19 heavy (non-hydrogen) atoms. The maximum Gasteiger partial charge on any atom is 0.315 e. The molecule has 2 rings (SSSR count). The first kappa shape index (κ1) is 13.6. The van der Waals surface area contributed by atoms with Gasteiger partial charge in [-0.1, -0.05) is 0 Å². The number of nitrogens with zero attached hydrogens (tertiary/aromatic N) is 2. The third kappa shape index (κ3) is 4.40.